The summed E-state index contributed by atoms with van der Waals surface area (Å²) < 4.78 is 0. The molecule has 4 aromatic rings. The third kappa shape index (κ3) is 4.09. The second-order valence-electron chi connectivity index (χ2n) is 7.75. The van der Waals surface area contributed by atoms with Crippen LogP contribution in [0, 0.1) is 20.2 Å². The van der Waals surface area contributed by atoms with Crippen molar-refractivity contribution in [1.29, 1.82) is 0 Å². The van der Waals surface area contributed by atoms with Crippen LogP contribution in [0.2, 0.25) is 0 Å². The van der Waals surface area contributed by atoms with Crippen LogP contribution in [0.3, 0.4) is 0 Å². The molecule has 176 valence electrons. The summed E-state index contributed by atoms with van der Waals surface area (Å²) in [4.78, 5) is 54.5. The number of nitrogens with one attached hydrogen (secondary N) is 2. The van der Waals surface area contributed by atoms with Gasteiger partial charge in [0.15, 0.2) is 17.8 Å². The molecule has 12 nitrogen and oxygen atoms in total. The lowest BCUT2D eigenvalue weighted by atomic mass is 9.83. The zero-order valence-corrected chi connectivity index (χ0v) is 18.2. The number of nitro groups is 2. The van der Waals surface area contributed by atoms with Crippen LogP contribution >= 0.6 is 0 Å². The molecular weight excluding hydrogens is 468 g/mol. The lowest BCUT2D eigenvalue weighted by molar-refractivity contribution is -0.389. The Bertz CT molecular complexity index is 1450. The Labute approximate surface area is 201 Å². The highest BCUT2D eigenvalue weighted by atomic mass is 16.6. The summed E-state index contributed by atoms with van der Waals surface area (Å²) in [6.07, 6.45) is 2.41. The van der Waals surface area contributed by atoms with Crippen molar-refractivity contribution in [2.24, 2.45) is 0 Å². The van der Waals surface area contributed by atoms with Crippen molar-refractivity contribution in [3.05, 3.63) is 116 Å². The monoisotopic (exact) mass is 482 g/mol. The Morgan fingerprint density at radius 2 is 1.22 bits per heavy atom. The molecule has 1 aliphatic rings. The number of rotatable bonds is 6. The van der Waals surface area contributed by atoms with Gasteiger partial charge in [-0.2, -0.15) is 0 Å². The predicted octanol–water partition coefficient (Wildman–Crippen LogP) is 4.56. The molecule has 5 rings (SSSR count). The number of ketones is 2. The molecule has 2 aromatic carbocycles. The van der Waals surface area contributed by atoms with E-state index in [1.807, 2.05) is 0 Å². The summed E-state index contributed by atoms with van der Waals surface area (Å²) in [6, 6.07) is 14.9. The molecule has 2 N–H and O–H groups in total. The van der Waals surface area contributed by atoms with E-state index in [0.717, 1.165) is 6.20 Å². The van der Waals surface area contributed by atoms with Crippen LogP contribution in [0.4, 0.5) is 34.4 Å². The number of carbonyl (C=O) groups excluding carboxylic acids is 2. The van der Waals surface area contributed by atoms with Gasteiger partial charge in [-0.3, -0.25) is 19.7 Å². The van der Waals surface area contributed by atoms with Crippen molar-refractivity contribution in [3.63, 3.8) is 0 Å². The number of anilines is 4. The van der Waals surface area contributed by atoms with Crippen molar-refractivity contribution < 1.29 is 19.4 Å². The Balaban J connectivity index is 1.39. The van der Waals surface area contributed by atoms with E-state index in [0.29, 0.717) is 22.9 Å². The molecular formula is C24H14N6O6. The summed E-state index contributed by atoms with van der Waals surface area (Å²) >= 11 is 0. The topological polar surface area (TPSA) is 170 Å². The minimum Gasteiger partial charge on any atom is -0.358 e. The fourth-order valence-electron chi connectivity index (χ4n) is 3.76. The summed E-state index contributed by atoms with van der Waals surface area (Å²) in [7, 11) is 0. The molecule has 0 bridgehead atoms. The van der Waals surface area contributed by atoms with Crippen LogP contribution in [0.15, 0.2) is 73.1 Å². The molecule has 1 aliphatic carbocycles. The largest absolute Gasteiger partial charge is 0.363 e. The first kappa shape index (κ1) is 22.3. The summed E-state index contributed by atoms with van der Waals surface area (Å²) in [5, 5.41) is 27.6. The van der Waals surface area contributed by atoms with Gasteiger partial charge in [-0.1, -0.05) is 0 Å². The van der Waals surface area contributed by atoms with E-state index in [-0.39, 0.29) is 45.3 Å². The molecule has 12 heteroatoms. The van der Waals surface area contributed by atoms with Crippen LogP contribution in [0.25, 0.3) is 0 Å². The molecule has 0 fully saturated rings. The molecule has 0 saturated carbocycles. The molecule has 0 atom stereocenters. The summed E-state index contributed by atoms with van der Waals surface area (Å²) in [5.74, 6) is -0.609. The van der Waals surface area contributed by atoms with Crippen molar-refractivity contribution >= 4 is 46.0 Å². The molecule has 0 amide bonds. The standard InChI is InChI=1S/C24H14N6O6/c31-23-18-6-2-14(28-21-7-4-16(12-25-21)29(33)34)10-20(18)24(32)17-5-1-13(9-19(17)23)27-15-3-8-22(26-11-15)30(35)36/h1-12,27H,(H,25,28). The average molecular weight is 482 g/mol. The number of carbonyl (C=O) groups is 2. The molecule has 0 saturated heterocycles. The Hall–Kier alpha value is -5.52. The molecule has 2 heterocycles. The number of hydrogen-bond donors (Lipinski definition) is 2. The van der Waals surface area contributed by atoms with E-state index in [1.165, 1.54) is 48.7 Å². The number of fused-ring (bicyclic) bond motifs is 2. The Morgan fingerprint density at radius 3 is 1.72 bits per heavy atom. The highest BCUT2D eigenvalue weighted by Crippen LogP contribution is 2.32. The van der Waals surface area contributed by atoms with Gasteiger partial charge in [-0.25, -0.2) is 4.98 Å². The van der Waals surface area contributed by atoms with Crippen LogP contribution in [0.1, 0.15) is 31.8 Å². The zero-order valence-electron chi connectivity index (χ0n) is 18.2. The van der Waals surface area contributed by atoms with Gasteiger partial charge in [0.25, 0.3) is 5.69 Å². The molecule has 0 aliphatic heterocycles. The van der Waals surface area contributed by atoms with E-state index in [1.54, 1.807) is 18.2 Å². The quantitative estimate of drug-likeness (QED) is 0.258. The van der Waals surface area contributed by atoms with Crippen molar-refractivity contribution in [3.8, 4) is 0 Å². The number of hydrogen-bond acceptors (Lipinski definition) is 10. The van der Waals surface area contributed by atoms with Crippen molar-refractivity contribution in [2.75, 3.05) is 10.6 Å². The van der Waals surface area contributed by atoms with Crippen LogP contribution in [0.5, 0.6) is 0 Å². The lowest BCUT2D eigenvalue weighted by Crippen LogP contribution is -2.21. The van der Waals surface area contributed by atoms with Crippen LogP contribution in [-0.4, -0.2) is 31.4 Å². The van der Waals surface area contributed by atoms with Crippen molar-refractivity contribution in [1.82, 2.24) is 9.97 Å². The fraction of sp³-hybridized carbons (Fsp3) is 0. The highest BCUT2D eigenvalue weighted by Gasteiger charge is 2.30. The number of nitrogens with zero attached hydrogens (tertiary/aromatic N) is 4. The molecule has 2 aromatic heterocycles. The Kier molecular flexibility index (Phi) is 5.37. The zero-order chi connectivity index (χ0) is 25.4. The van der Waals surface area contributed by atoms with Gasteiger partial charge < -0.3 is 20.7 Å². The molecule has 36 heavy (non-hydrogen) atoms. The van der Waals surface area contributed by atoms with Gasteiger partial charge in [0.1, 0.15) is 12.0 Å². The van der Waals surface area contributed by atoms with E-state index < -0.39 is 9.85 Å². The van der Waals surface area contributed by atoms with Gasteiger partial charge in [0.2, 0.25) is 0 Å². The number of aromatic nitrogens is 2. The SMILES string of the molecule is O=C1c2ccc(Nc3ccc([N+](=O)[O-])cn3)cc2C(=O)c2ccc(Nc3ccc([N+](=O)[O-])nc3)cc21. The highest BCUT2D eigenvalue weighted by molar-refractivity contribution is 6.28. The Morgan fingerprint density at radius 1 is 0.611 bits per heavy atom. The maximum absolute atomic E-state index is 13.2. The average Bonchev–Trinajstić information content (AvgIpc) is 2.88. The van der Waals surface area contributed by atoms with E-state index in [4.69, 9.17) is 0 Å². The minimum absolute atomic E-state index is 0.151. The van der Waals surface area contributed by atoms with Gasteiger partial charge in [0.05, 0.1) is 10.6 Å². The minimum atomic E-state index is -0.603. The number of benzene rings is 2. The maximum Gasteiger partial charge on any atom is 0.363 e. The smallest absolute Gasteiger partial charge is 0.358 e. The maximum atomic E-state index is 13.2. The van der Waals surface area contributed by atoms with E-state index in [2.05, 4.69) is 20.6 Å². The van der Waals surface area contributed by atoms with Gasteiger partial charge in [0, 0.05) is 45.8 Å². The van der Waals surface area contributed by atoms with E-state index >= 15 is 0 Å². The third-order valence-corrected chi connectivity index (χ3v) is 5.47. The first-order chi connectivity index (χ1) is 17.3. The van der Waals surface area contributed by atoms with Gasteiger partial charge in [-0.15, -0.1) is 0 Å². The second kappa shape index (κ2) is 8.68. The van der Waals surface area contributed by atoms with Crippen LogP contribution < -0.4 is 10.6 Å². The molecule has 0 radical (unpaired) electrons. The first-order valence-corrected chi connectivity index (χ1v) is 10.4. The lowest BCUT2D eigenvalue weighted by Gasteiger charge is -2.19. The predicted molar refractivity (Wildman–Crippen MR) is 128 cm³/mol. The second-order valence-corrected chi connectivity index (χ2v) is 7.75. The summed E-state index contributed by atoms with van der Waals surface area (Å²) in [6.45, 7) is 0. The van der Waals surface area contributed by atoms with Crippen molar-refractivity contribution in [2.45, 2.75) is 0 Å². The van der Waals surface area contributed by atoms with Gasteiger partial charge in [-0.05, 0) is 58.4 Å². The number of pyridine rings is 2. The normalized spacial score (nSPS) is 11.9. The fourth-order valence-corrected chi connectivity index (χ4v) is 3.76. The summed E-state index contributed by atoms with van der Waals surface area (Å²) in [5.41, 5.74) is 2.26. The van der Waals surface area contributed by atoms with Crippen LogP contribution in [-0.2, 0) is 0 Å². The molecule has 0 spiro atoms. The first-order valence-electron chi connectivity index (χ1n) is 10.4. The molecule has 0 unspecified atom stereocenters. The van der Waals surface area contributed by atoms with Gasteiger partial charge >= 0.3 is 5.82 Å². The third-order valence-electron chi connectivity index (χ3n) is 5.47. The van der Waals surface area contributed by atoms with E-state index in [9.17, 15) is 29.8 Å².